The fraction of sp³-hybridized carbons (Fsp3) is 0.100. The number of aromatic amines is 1. The second kappa shape index (κ2) is 10.5. The second-order valence-corrected chi connectivity index (χ2v) is 10.9. The third kappa shape index (κ3) is 5.06. The quantitative estimate of drug-likeness (QED) is 0.237. The maximum absolute atomic E-state index is 6.24. The van der Waals surface area contributed by atoms with Gasteiger partial charge in [0.2, 0.25) is 0 Å². The molecule has 182 valence electrons. The van der Waals surface area contributed by atoms with Crippen molar-refractivity contribution in [1.29, 1.82) is 0 Å². The number of fused-ring (bicyclic) bond motifs is 1. The third-order valence-corrected chi connectivity index (χ3v) is 7.19. The molecule has 0 spiro atoms. The van der Waals surface area contributed by atoms with Crippen molar-refractivity contribution in [2.24, 2.45) is 0 Å². The zero-order valence-corrected chi connectivity index (χ0v) is 22.5. The predicted octanol–water partition coefficient (Wildman–Crippen LogP) is 5.99. The summed E-state index contributed by atoms with van der Waals surface area (Å²) in [5.74, 6) is 0.750. The van der Waals surface area contributed by atoms with Crippen LogP contribution in [0.4, 0.5) is 0 Å². The first kappa shape index (κ1) is 23.3. The van der Waals surface area contributed by atoms with Crippen LogP contribution in [0.25, 0.3) is 44.5 Å². The van der Waals surface area contributed by atoms with E-state index in [1.54, 1.807) is 48.0 Å². The Bertz CT molecular complexity index is 1620. The van der Waals surface area contributed by atoms with Gasteiger partial charge in [-0.1, -0.05) is 0 Å². The Morgan fingerprint density at radius 2 is 1.76 bits per heavy atom. The molecule has 0 radical (unpaired) electrons. The van der Waals surface area contributed by atoms with Crippen LogP contribution in [0.1, 0.15) is 5.56 Å². The molecule has 0 aliphatic rings. The van der Waals surface area contributed by atoms with Gasteiger partial charge in [0, 0.05) is 12.4 Å². The van der Waals surface area contributed by atoms with Crippen LogP contribution in [0.15, 0.2) is 108 Å². The molecule has 37 heavy (non-hydrogen) atoms. The van der Waals surface area contributed by atoms with Crippen LogP contribution in [-0.2, 0) is 6.42 Å². The fourth-order valence-electron chi connectivity index (χ4n) is 4.46. The minimum absolute atomic E-state index is 0.428. The van der Waals surface area contributed by atoms with Gasteiger partial charge in [0.05, 0.1) is 0 Å². The number of ether oxygens (including phenoxy) is 1. The standard InChI is InChI=1S/C30H25AsN4O2/c31-24(14-20-4-2-1-3-5-20)19-37-25-16-26(29(33-17-25)23-10-13-36-18-23)22-6-7-28-27(15-22)30(35-34-28)21-8-11-32-12-9-21/h1-13,15-18,24H,14,19,31H2,(H,34,35)/t24-/m0/s1. The van der Waals surface area contributed by atoms with Crippen molar-refractivity contribution in [2.75, 3.05) is 6.61 Å². The van der Waals surface area contributed by atoms with E-state index in [0.717, 1.165) is 56.7 Å². The van der Waals surface area contributed by atoms with Crippen molar-refractivity contribution in [3.63, 3.8) is 0 Å². The molecule has 0 saturated carbocycles. The van der Waals surface area contributed by atoms with E-state index in [9.17, 15) is 0 Å². The Balaban J connectivity index is 1.34. The molecule has 1 unspecified atom stereocenters. The number of H-pyrrole nitrogens is 1. The molecule has 0 fully saturated rings. The summed E-state index contributed by atoms with van der Waals surface area (Å²) in [7, 11) is 0. The summed E-state index contributed by atoms with van der Waals surface area (Å²) in [5.41, 5.74) is 7.97. The van der Waals surface area contributed by atoms with Crippen LogP contribution < -0.4 is 4.74 Å². The van der Waals surface area contributed by atoms with Gasteiger partial charge in [0.1, 0.15) is 0 Å². The van der Waals surface area contributed by atoms with Crippen LogP contribution in [0.2, 0.25) is 4.71 Å². The second-order valence-electron chi connectivity index (χ2n) is 8.91. The van der Waals surface area contributed by atoms with Gasteiger partial charge in [-0.25, -0.2) is 0 Å². The molecule has 2 atom stereocenters. The van der Waals surface area contributed by atoms with E-state index >= 15 is 0 Å². The SMILES string of the molecule is [AsH2][C@H](COc1cnc(-c2ccoc2)c(-c2ccc3[nH]nc(-c4ccncc4)c3c2)c1)Cc1ccccc1. The zero-order valence-electron chi connectivity index (χ0n) is 20.0. The first-order valence-corrected chi connectivity index (χ1v) is 13.5. The number of nitrogens with one attached hydrogen (secondary N) is 1. The first-order valence-electron chi connectivity index (χ1n) is 12.1. The van der Waals surface area contributed by atoms with Crippen LogP contribution in [0.5, 0.6) is 5.75 Å². The number of rotatable bonds is 8. The summed E-state index contributed by atoms with van der Waals surface area (Å²) >= 11 is 1.68. The summed E-state index contributed by atoms with van der Waals surface area (Å²) in [4.78, 5) is 8.93. The molecule has 4 heterocycles. The van der Waals surface area contributed by atoms with Gasteiger partial charge < -0.3 is 0 Å². The van der Waals surface area contributed by atoms with Crippen molar-refractivity contribution in [2.45, 2.75) is 11.1 Å². The van der Waals surface area contributed by atoms with E-state index in [0.29, 0.717) is 11.3 Å². The van der Waals surface area contributed by atoms with E-state index in [-0.39, 0.29) is 0 Å². The molecule has 0 amide bonds. The van der Waals surface area contributed by atoms with E-state index < -0.39 is 0 Å². The fourth-order valence-corrected chi connectivity index (χ4v) is 5.24. The van der Waals surface area contributed by atoms with Crippen LogP contribution >= 0.6 is 0 Å². The van der Waals surface area contributed by atoms with E-state index in [4.69, 9.17) is 14.1 Å². The summed E-state index contributed by atoms with van der Waals surface area (Å²) in [5, 5.41) is 8.75. The average Bonchev–Trinajstić information content (AvgIpc) is 3.63. The van der Waals surface area contributed by atoms with Crippen LogP contribution in [-0.4, -0.2) is 43.6 Å². The van der Waals surface area contributed by atoms with Gasteiger partial charge in [0.15, 0.2) is 0 Å². The molecule has 0 aliphatic heterocycles. The molecule has 0 bridgehead atoms. The molecule has 0 saturated heterocycles. The molecule has 6 nitrogen and oxygen atoms in total. The Morgan fingerprint density at radius 1 is 0.892 bits per heavy atom. The Kier molecular flexibility index (Phi) is 6.57. The Morgan fingerprint density at radius 3 is 2.57 bits per heavy atom. The monoisotopic (exact) mass is 548 g/mol. The van der Waals surface area contributed by atoms with Gasteiger partial charge >= 0.3 is 206 Å². The van der Waals surface area contributed by atoms with Crippen LogP contribution in [0, 0.1) is 0 Å². The predicted molar refractivity (Wildman–Crippen MR) is 148 cm³/mol. The summed E-state index contributed by atoms with van der Waals surface area (Å²) in [6.07, 6.45) is 9.73. The van der Waals surface area contributed by atoms with E-state index in [1.165, 1.54) is 5.56 Å². The summed E-state index contributed by atoms with van der Waals surface area (Å²) < 4.78 is 12.0. The average molecular weight is 548 g/mol. The van der Waals surface area contributed by atoms with Crippen molar-refractivity contribution >= 4 is 27.8 Å². The van der Waals surface area contributed by atoms with Crippen LogP contribution in [0.3, 0.4) is 0 Å². The van der Waals surface area contributed by atoms with Crippen molar-refractivity contribution in [1.82, 2.24) is 20.2 Å². The number of aromatic nitrogens is 4. The molecule has 2 aromatic carbocycles. The molecule has 7 heteroatoms. The normalized spacial score (nSPS) is 12.0. The third-order valence-electron chi connectivity index (χ3n) is 6.29. The minimum atomic E-state index is 0.428. The number of hydrogen-bond acceptors (Lipinski definition) is 5. The maximum atomic E-state index is 6.24. The van der Waals surface area contributed by atoms with E-state index in [1.807, 2.05) is 24.3 Å². The molecule has 0 aliphatic carbocycles. The topological polar surface area (TPSA) is 76.8 Å². The number of benzene rings is 2. The molecular formula is C30H25AsN4O2. The number of hydrogen-bond donors (Lipinski definition) is 1. The zero-order chi connectivity index (χ0) is 25.0. The van der Waals surface area contributed by atoms with Gasteiger partial charge in [-0.3, -0.25) is 4.98 Å². The van der Waals surface area contributed by atoms with Gasteiger partial charge in [-0.15, -0.1) is 0 Å². The molecule has 6 rings (SSSR count). The van der Waals surface area contributed by atoms with E-state index in [2.05, 4.69) is 63.7 Å². The summed E-state index contributed by atoms with van der Waals surface area (Å²) in [6, 6.07) is 24.8. The van der Waals surface area contributed by atoms with Gasteiger partial charge in [0.25, 0.3) is 0 Å². The number of furan rings is 1. The molecule has 4 aromatic heterocycles. The van der Waals surface area contributed by atoms with Crippen molar-refractivity contribution in [3.8, 4) is 39.4 Å². The molecule has 6 aromatic rings. The Labute approximate surface area is 223 Å². The van der Waals surface area contributed by atoms with Crippen molar-refractivity contribution in [3.05, 3.63) is 109 Å². The summed E-state index contributed by atoms with van der Waals surface area (Å²) in [6.45, 7) is 0.633. The number of nitrogens with zero attached hydrogens (tertiary/aromatic N) is 3. The molecular weight excluding hydrogens is 523 g/mol. The Hall–Kier alpha value is -4.15. The van der Waals surface area contributed by atoms with Gasteiger partial charge in [-0.05, 0) is 0 Å². The number of pyridine rings is 2. The van der Waals surface area contributed by atoms with Crippen molar-refractivity contribution < 1.29 is 9.15 Å². The molecule has 1 N–H and O–H groups in total. The van der Waals surface area contributed by atoms with Gasteiger partial charge in [-0.2, -0.15) is 0 Å². The first-order chi connectivity index (χ1) is 18.2.